The largest absolute Gasteiger partial charge is 0.316 e. The molecule has 2 nitrogen and oxygen atoms in total. The summed E-state index contributed by atoms with van der Waals surface area (Å²) >= 11 is 1.87. The third-order valence-corrected chi connectivity index (χ3v) is 4.52. The summed E-state index contributed by atoms with van der Waals surface area (Å²) in [5, 5.41) is 5.68. The summed E-state index contributed by atoms with van der Waals surface area (Å²) in [5.41, 5.74) is 0. The zero-order chi connectivity index (χ0) is 11.9. The van der Waals surface area contributed by atoms with E-state index in [4.69, 9.17) is 0 Å². The lowest BCUT2D eigenvalue weighted by atomic mass is 9.96. The maximum Gasteiger partial charge on any atom is 0.0327 e. The molecule has 2 rings (SSSR count). The summed E-state index contributed by atoms with van der Waals surface area (Å²) in [4.78, 5) is 4.06. The van der Waals surface area contributed by atoms with E-state index in [1.807, 2.05) is 11.3 Å². The van der Waals surface area contributed by atoms with E-state index in [1.54, 1.807) is 0 Å². The average Bonchev–Trinajstić information content (AvgIpc) is 2.88. The number of hydrogen-bond donors (Lipinski definition) is 1. The molecule has 1 N–H and O–H groups in total. The molecule has 0 saturated carbocycles. The van der Waals surface area contributed by atoms with E-state index in [9.17, 15) is 0 Å². The SMILES string of the molecule is CCN(CCC1CCCNC1)Cc1cccs1. The third-order valence-electron chi connectivity index (χ3n) is 3.66. The molecule has 0 aromatic carbocycles. The fraction of sp³-hybridized carbons (Fsp3) is 0.714. The molecule has 1 saturated heterocycles. The van der Waals surface area contributed by atoms with Gasteiger partial charge in [0.15, 0.2) is 0 Å². The quantitative estimate of drug-likeness (QED) is 0.837. The second-order valence-electron chi connectivity index (χ2n) is 4.95. The number of nitrogens with one attached hydrogen (secondary N) is 1. The summed E-state index contributed by atoms with van der Waals surface area (Å²) in [6.45, 7) is 8.28. The van der Waals surface area contributed by atoms with Crippen molar-refractivity contribution >= 4 is 11.3 Å². The van der Waals surface area contributed by atoms with E-state index < -0.39 is 0 Å². The van der Waals surface area contributed by atoms with Crippen molar-refractivity contribution < 1.29 is 0 Å². The molecule has 17 heavy (non-hydrogen) atoms. The van der Waals surface area contributed by atoms with Crippen LogP contribution in [0.5, 0.6) is 0 Å². The van der Waals surface area contributed by atoms with Crippen LogP contribution in [0.25, 0.3) is 0 Å². The van der Waals surface area contributed by atoms with Crippen LogP contribution < -0.4 is 5.32 Å². The number of piperidine rings is 1. The van der Waals surface area contributed by atoms with E-state index in [-0.39, 0.29) is 0 Å². The van der Waals surface area contributed by atoms with Gasteiger partial charge in [-0.1, -0.05) is 13.0 Å². The van der Waals surface area contributed by atoms with Gasteiger partial charge in [-0.15, -0.1) is 11.3 Å². The molecule has 96 valence electrons. The molecule has 3 heteroatoms. The highest BCUT2D eigenvalue weighted by Gasteiger charge is 2.14. The second-order valence-corrected chi connectivity index (χ2v) is 5.98. The van der Waals surface area contributed by atoms with Crippen molar-refractivity contribution in [2.24, 2.45) is 5.92 Å². The van der Waals surface area contributed by atoms with Crippen molar-refractivity contribution in [3.63, 3.8) is 0 Å². The van der Waals surface area contributed by atoms with Gasteiger partial charge in [-0.3, -0.25) is 4.90 Å². The Morgan fingerprint density at radius 3 is 3.12 bits per heavy atom. The van der Waals surface area contributed by atoms with Crippen LogP contribution in [0.3, 0.4) is 0 Å². The number of nitrogens with zero attached hydrogens (tertiary/aromatic N) is 1. The summed E-state index contributed by atoms with van der Waals surface area (Å²) in [5.74, 6) is 0.904. The Balaban J connectivity index is 1.71. The molecule has 0 bridgehead atoms. The zero-order valence-corrected chi connectivity index (χ0v) is 11.6. The monoisotopic (exact) mass is 252 g/mol. The first kappa shape index (κ1) is 13.1. The topological polar surface area (TPSA) is 15.3 Å². The number of hydrogen-bond acceptors (Lipinski definition) is 3. The van der Waals surface area contributed by atoms with Crippen LogP contribution in [-0.2, 0) is 6.54 Å². The first-order valence-electron chi connectivity index (χ1n) is 6.84. The van der Waals surface area contributed by atoms with Gasteiger partial charge in [-0.2, -0.15) is 0 Å². The molecular formula is C14H24N2S. The maximum absolute atomic E-state index is 3.51. The Labute approximate surface area is 109 Å². The molecule has 1 aliphatic heterocycles. The normalized spacial score (nSPS) is 20.9. The highest BCUT2D eigenvalue weighted by atomic mass is 32.1. The minimum Gasteiger partial charge on any atom is -0.316 e. The molecule has 1 fully saturated rings. The summed E-state index contributed by atoms with van der Waals surface area (Å²) in [6, 6.07) is 4.40. The van der Waals surface area contributed by atoms with Crippen molar-refractivity contribution in [2.45, 2.75) is 32.7 Å². The van der Waals surface area contributed by atoms with E-state index in [2.05, 4.69) is 34.7 Å². The summed E-state index contributed by atoms with van der Waals surface area (Å²) in [7, 11) is 0. The molecule has 0 spiro atoms. The van der Waals surface area contributed by atoms with Crippen LogP contribution >= 0.6 is 11.3 Å². The second kappa shape index (κ2) is 7.14. The van der Waals surface area contributed by atoms with Crippen molar-refractivity contribution in [1.29, 1.82) is 0 Å². The Morgan fingerprint density at radius 2 is 2.47 bits per heavy atom. The Kier molecular flexibility index (Phi) is 5.49. The third kappa shape index (κ3) is 4.41. The predicted octanol–water partition coefficient (Wildman–Crippen LogP) is 2.96. The van der Waals surface area contributed by atoms with Crippen LogP contribution in [0.15, 0.2) is 17.5 Å². The van der Waals surface area contributed by atoms with Crippen LogP contribution in [0, 0.1) is 5.92 Å². The van der Waals surface area contributed by atoms with Gasteiger partial charge in [-0.25, -0.2) is 0 Å². The first-order chi connectivity index (χ1) is 8.38. The zero-order valence-electron chi connectivity index (χ0n) is 10.8. The van der Waals surface area contributed by atoms with Gasteiger partial charge in [0.05, 0.1) is 0 Å². The molecule has 0 radical (unpaired) electrons. The smallest absolute Gasteiger partial charge is 0.0327 e. The Bertz CT molecular complexity index is 291. The van der Waals surface area contributed by atoms with Crippen LogP contribution in [0.2, 0.25) is 0 Å². The highest BCUT2D eigenvalue weighted by Crippen LogP contribution is 2.16. The van der Waals surface area contributed by atoms with Crippen molar-refractivity contribution in [2.75, 3.05) is 26.2 Å². The molecule has 1 unspecified atom stereocenters. The Hall–Kier alpha value is -0.380. The van der Waals surface area contributed by atoms with Gasteiger partial charge in [0, 0.05) is 11.4 Å². The van der Waals surface area contributed by atoms with Gasteiger partial charge < -0.3 is 5.32 Å². The molecule has 1 aliphatic rings. The first-order valence-corrected chi connectivity index (χ1v) is 7.72. The lowest BCUT2D eigenvalue weighted by Gasteiger charge is -2.26. The molecular weight excluding hydrogens is 228 g/mol. The molecule has 2 heterocycles. The lowest BCUT2D eigenvalue weighted by molar-refractivity contribution is 0.241. The van der Waals surface area contributed by atoms with Crippen LogP contribution in [0.1, 0.15) is 31.1 Å². The van der Waals surface area contributed by atoms with Gasteiger partial charge in [0.25, 0.3) is 0 Å². The van der Waals surface area contributed by atoms with Gasteiger partial charge in [-0.05, 0) is 62.8 Å². The van der Waals surface area contributed by atoms with Crippen molar-refractivity contribution in [1.82, 2.24) is 10.2 Å². The van der Waals surface area contributed by atoms with Crippen molar-refractivity contribution in [3.8, 4) is 0 Å². The van der Waals surface area contributed by atoms with Gasteiger partial charge in [0.2, 0.25) is 0 Å². The fourth-order valence-electron chi connectivity index (χ4n) is 2.51. The standard InChI is InChI=1S/C14H24N2S/c1-2-16(12-14-6-4-10-17-14)9-7-13-5-3-8-15-11-13/h4,6,10,13,15H,2-3,5,7-9,11-12H2,1H3. The van der Waals surface area contributed by atoms with Crippen LogP contribution in [0.4, 0.5) is 0 Å². The van der Waals surface area contributed by atoms with E-state index >= 15 is 0 Å². The molecule has 1 atom stereocenters. The summed E-state index contributed by atoms with van der Waals surface area (Å²) < 4.78 is 0. The number of rotatable bonds is 6. The average molecular weight is 252 g/mol. The summed E-state index contributed by atoms with van der Waals surface area (Å²) in [6.07, 6.45) is 4.14. The minimum atomic E-state index is 0.904. The van der Waals surface area contributed by atoms with Gasteiger partial charge >= 0.3 is 0 Å². The van der Waals surface area contributed by atoms with Gasteiger partial charge in [0.1, 0.15) is 0 Å². The van der Waals surface area contributed by atoms with E-state index in [0.29, 0.717) is 0 Å². The Morgan fingerprint density at radius 1 is 1.53 bits per heavy atom. The maximum atomic E-state index is 3.51. The fourth-order valence-corrected chi connectivity index (χ4v) is 3.25. The minimum absolute atomic E-state index is 0.904. The van der Waals surface area contributed by atoms with E-state index in [0.717, 1.165) is 19.0 Å². The highest BCUT2D eigenvalue weighted by molar-refractivity contribution is 7.09. The molecule has 1 aromatic rings. The predicted molar refractivity (Wildman–Crippen MR) is 75.5 cm³/mol. The lowest BCUT2D eigenvalue weighted by Crippen LogP contribution is -2.33. The van der Waals surface area contributed by atoms with E-state index in [1.165, 1.54) is 43.8 Å². The molecule has 0 amide bonds. The number of thiophene rings is 1. The molecule has 0 aliphatic carbocycles. The molecule has 1 aromatic heterocycles. The van der Waals surface area contributed by atoms with Crippen LogP contribution in [-0.4, -0.2) is 31.1 Å². The van der Waals surface area contributed by atoms with Crippen molar-refractivity contribution in [3.05, 3.63) is 22.4 Å².